The van der Waals surface area contributed by atoms with Gasteiger partial charge in [-0.2, -0.15) is 0 Å². The van der Waals surface area contributed by atoms with Crippen LogP contribution in [0, 0.1) is 0 Å². The average molecular weight is 679 g/mol. The number of nitrogens with zero attached hydrogens (tertiary/aromatic N) is 2. The summed E-state index contributed by atoms with van der Waals surface area (Å²) in [6.45, 7) is 0. The molecule has 0 heterocycles. The van der Waals surface area contributed by atoms with Crippen molar-refractivity contribution in [2.45, 2.75) is 12.8 Å². The third-order valence-electron chi connectivity index (χ3n) is 11.0. The zero-order valence-electron chi connectivity index (χ0n) is 29.7. The average Bonchev–Trinajstić information content (AvgIpc) is 3.23. The molecule has 9 aromatic rings. The fourth-order valence-corrected chi connectivity index (χ4v) is 8.42. The first-order valence-corrected chi connectivity index (χ1v) is 18.6. The van der Waals surface area contributed by atoms with E-state index in [9.17, 15) is 0 Å². The SMILES string of the molecule is CN(c1ccc(-c2ccc(N(c3ccccc3)c3cccc(C4=CCCC=C4)c3)cc2)cc1)c1ccc2c3cccc4cccc(c5cccc1c52)c43. The lowest BCUT2D eigenvalue weighted by atomic mass is 9.89. The van der Waals surface area contributed by atoms with Crippen molar-refractivity contribution in [3.8, 4) is 11.1 Å². The largest absolute Gasteiger partial charge is 0.344 e. The normalized spacial score (nSPS) is 12.9. The Morgan fingerprint density at radius 2 is 1.00 bits per heavy atom. The van der Waals surface area contributed by atoms with Crippen LogP contribution in [0.25, 0.3) is 59.8 Å². The smallest absolute Gasteiger partial charge is 0.0488 e. The summed E-state index contributed by atoms with van der Waals surface area (Å²) in [4.78, 5) is 4.67. The van der Waals surface area contributed by atoms with Gasteiger partial charge in [0.15, 0.2) is 0 Å². The second kappa shape index (κ2) is 12.8. The topological polar surface area (TPSA) is 6.48 Å². The molecule has 0 aromatic heterocycles. The van der Waals surface area contributed by atoms with Gasteiger partial charge in [0.25, 0.3) is 0 Å². The molecule has 0 spiro atoms. The second-order valence-corrected chi connectivity index (χ2v) is 14.1. The number of hydrogen-bond acceptors (Lipinski definition) is 2. The molecule has 1 aliphatic rings. The Kier molecular flexibility index (Phi) is 7.54. The van der Waals surface area contributed by atoms with Crippen LogP contribution in [0.1, 0.15) is 18.4 Å². The third-order valence-corrected chi connectivity index (χ3v) is 11.0. The van der Waals surface area contributed by atoms with Gasteiger partial charge in [-0.25, -0.2) is 0 Å². The number of fused-ring (bicyclic) bond motifs is 2. The molecule has 0 saturated carbocycles. The molecule has 1 aliphatic carbocycles. The monoisotopic (exact) mass is 678 g/mol. The van der Waals surface area contributed by atoms with Crippen molar-refractivity contribution in [3.05, 3.63) is 194 Å². The van der Waals surface area contributed by atoms with Gasteiger partial charge in [0.2, 0.25) is 0 Å². The maximum absolute atomic E-state index is 2.34. The predicted octanol–water partition coefficient (Wildman–Crippen LogP) is 14.4. The van der Waals surface area contributed by atoms with E-state index >= 15 is 0 Å². The first-order valence-electron chi connectivity index (χ1n) is 18.6. The first kappa shape index (κ1) is 31.1. The lowest BCUT2D eigenvalue weighted by Gasteiger charge is -2.26. The summed E-state index contributed by atoms with van der Waals surface area (Å²) in [5, 5.41) is 10.5. The summed E-state index contributed by atoms with van der Waals surface area (Å²) in [5.74, 6) is 0. The minimum absolute atomic E-state index is 1.09. The summed E-state index contributed by atoms with van der Waals surface area (Å²) < 4.78 is 0. The highest BCUT2D eigenvalue weighted by Gasteiger charge is 2.17. The van der Waals surface area contributed by atoms with E-state index in [0.717, 1.165) is 35.6 Å². The van der Waals surface area contributed by atoms with Crippen LogP contribution in [-0.2, 0) is 0 Å². The fraction of sp³-hybridized carbons (Fsp3) is 0.0588. The lowest BCUT2D eigenvalue weighted by molar-refractivity contribution is 1.04. The summed E-state index contributed by atoms with van der Waals surface area (Å²) in [6, 6.07) is 62.2. The zero-order chi connectivity index (χ0) is 35.3. The zero-order valence-corrected chi connectivity index (χ0v) is 29.7. The molecule has 0 unspecified atom stereocenters. The maximum Gasteiger partial charge on any atom is 0.0488 e. The van der Waals surface area contributed by atoms with Crippen LogP contribution < -0.4 is 9.80 Å². The molecular weight excluding hydrogens is 641 g/mol. The molecule has 10 rings (SSSR count). The molecule has 0 radical (unpaired) electrons. The van der Waals surface area contributed by atoms with Gasteiger partial charge < -0.3 is 9.80 Å². The van der Waals surface area contributed by atoms with Crippen molar-refractivity contribution in [1.29, 1.82) is 0 Å². The second-order valence-electron chi connectivity index (χ2n) is 14.1. The fourth-order valence-electron chi connectivity index (χ4n) is 8.42. The van der Waals surface area contributed by atoms with Crippen LogP contribution in [0.15, 0.2) is 188 Å². The molecule has 2 heteroatoms. The number of hydrogen-bond donors (Lipinski definition) is 0. The minimum Gasteiger partial charge on any atom is -0.344 e. The van der Waals surface area contributed by atoms with E-state index in [4.69, 9.17) is 0 Å². The van der Waals surface area contributed by atoms with Gasteiger partial charge in [-0.1, -0.05) is 133 Å². The van der Waals surface area contributed by atoms with E-state index in [1.54, 1.807) is 0 Å². The Bertz CT molecular complexity index is 2780. The first-order chi connectivity index (χ1) is 26.2. The Hall–Kier alpha value is -6.64. The van der Waals surface area contributed by atoms with Crippen molar-refractivity contribution in [1.82, 2.24) is 0 Å². The van der Waals surface area contributed by atoms with Crippen molar-refractivity contribution in [3.63, 3.8) is 0 Å². The number of rotatable bonds is 7. The van der Waals surface area contributed by atoms with Crippen LogP contribution in [0.4, 0.5) is 28.4 Å². The Balaban J connectivity index is 0.970. The number of benzene rings is 9. The molecule has 0 atom stereocenters. The third kappa shape index (κ3) is 5.34. The van der Waals surface area contributed by atoms with Crippen molar-refractivity contribution < 1.29 is 0 Å². The maximum atomic E-state index is 2.34. The van der Waals surface area contributed by atoms with Crippen molar-refractivity contribution in [2.75, 3.05) is 16.8 Å². The van der Waals surface area contributed by atoms with E-state index in [-0.39, 0.29) is 0 Å². The van der Waals surface area contributed by atoms with Gasteiger partial charge in [0.1, 0.15) is 0 Å². The van der Waals surface area contributed by atoms with Crippen LogP contribution in [0.5, 0.6) is 0 Å². The molecule has 0 fully saturated rings. The van der Waals surface area contributed by atoms with Crippen molar-refractivity contribution >= 4 is 77.1 Å². The van der Waals surface area contributed by atoms with Gasteiger partial charge in [0.05, 0.1) is 0 Å². The minimum atomic E-state index is 1.09. The predicted molar refractivity (Wildman–Crippen MR) is 229 cm³/mol. The highest BCUT2D eigenvalue weighted by Crippen LogP contribution is 2.44. The van der Waals surface area contributed by atoms with E-state index in [0.29, 0.717) is 0 Å². The summed E-state index contributed by atoms with van der Waals surface area (Å²) >= 11 is 0. The Morgan fingerprint density at radius 1 is 0.415 bits per heavy atom. The molecule has 2 nitrogen and oxygen atoms in total. The molecule has 0 N–H and O–H groups in total. The molecule has 0 amide bonds. The van der Waals surface area contributed by atoms with E-state index in [2.05, 4.69) is 205 Å². The van der Waals surface area contributed by atoms with Crippen LogP contribution in [0.2, 0.25) is 0 Å². The van der Waals surface area contributed by atoms with Crippen molar-refractivity contribution in [2.24, 2.45) is 0 Å². The molecule has 0 bridgehead atoms. The van der Waals surface area contributed by atoms with E-state index < -0.39 is 0 Å². The number of allylic oxidation sites excluding steroid dienone is 4. The summed E-state index contributed by atoms with van der Waals surface area (Å²) in [6.07, 6.45) is 9.07. The molecular formula is C51H38N2. The molecule has 0 aliphatic heterocycles. The van der Waals surface area contributed by atoms with Crippen LogP contribution in [0.3, 0.4) is 0 Å². The number of anilines is 5. The van der Waals surface area contributed by atoms with Gasteiger partial charge >= 0.3 is 0 Å². The highest BCUT2D eigenvalue weighted by molar-refractivity contribution is 6.34. The molecule has 252 valence electrons. The Morgan fingerprint density at radius 3 is 1.70 bits per heavy atom. The Labute approximate surface area is 310 Å². The van der Waals surface area contributed by atoms with Crippen LogP contribution in [-0.4, -0.2) is 7.05 Å². The summed E-state index contributed by atoms with van der Waals surface area (Å²) in [5.41, 5.74) is 10.7. The van der Waals surface area contributed by atoms with Gasteiger partial charge in [0, 0.05) is 40.9 Å². The standard InChI is InChI=1S/C51H38N2/c1-52(49-33-32-47-45-21-10-15-38-14-9-20-44(50(38)45)46-22-11-23-48(49)51(46)47)40-28-24-36(25-29-40)37-26-30-42(31-27-37)53(41-17-6-3-7-18-41)43-19-8-16-39(34-43)35-12-4-2-5-13-35/h3-4,6-34H,2,5H2,1H3. The molecule has 0 saturated heterocycles. The highest BCUT2D eigenvalue weighted by atomic mass is 15.1. The molecule has 53 heavy (non-hydrogen) atoms. The van der Waals surface area contributed by atoms with E-state index in [1.165, 1.54) is 71.0 Å². The lowest BCUT2D eigenvalue weighted by Crippen LogP contribution is -2.10. The van der Waals surface area contributed by atoms with Gasteiger partial charge in [-0.15, -0.1) is 0 Å². The van der Waals surface area contributed by atoms with Crippen LogP contribution >= 0.6 is 0 Å². The van der Waals surface area contributed by atoms with Gasteiger partial charge in [-0.3, -0.25) is 0 Å². The number of para-hydroxylation sites is 1. The molecule has 9 aromatic carbocycles. The van der Waals surface area contributed by atoms with Gasteiger partial charge in [-0.05, 0) is 127 Å². The van der Waals surface area contributed by atoms with E-state index in [1.807, 2.05) is 0 Å². The summed E-state index contributed by atoms with van der Waals surface area (Å²) in [7, 11) is 2.18. The quantitative estimate of drug-likeness (QED) is 0.122.